The van der Waals surface area contributed by atoms with Gasteiger partial charge in [-0.2, -0.15) is 0 Å². The highest BCUT2D eigenvalue weighted by Gasteiger charge is 2.12. The number of nitrogens with one attached hydrogen (secondary N) is 2. The van der Waals surface area contributed by atoms with Crippen LogP contribution in [0, 0.1) is 5.92 Å². The summed E-state index contributed by atoms with van der Waals surface area (Å²) in [5.74, 6) is -0.0634. The first kappa shape index (κ1) is 14.8. The summed E-state index contributed by atoms with van der Waals surface area (Å²) >= 11 is 0. The van der Waals surface area contributed by atoms with Crippen molar-refractivity contribution >= 4 is 23.3 Å². The molecule has 1 aromatic rings. The van der Waals surface area contributed by atoms with E-state index in [9.17, 15) is 9.59 Å². The largest absolute Gasteiger partial charge is 0.494 e. The molecule has 0 heterocycles. The van der Waals surface area contributed by atoms with Crippen LogP contribution in [0.25, 0.3) is 0 Å². The van der Waals surface area contributed by atoms with Crippen LogP contribution in [-0.4, -0.2) is 25.6 Å². The van der Waals surface area contributed by atoms with Crippen molar-refractivity contribution in [2.45, 2.75) is 6.92 Å². The molecular formula is C12H18N4O3. The van der Waals surface area contributed by atoms with Crippen LogP contribution < -0.4 is 26.8 Å². The van der Waals surface area contributed by atoms with Gasteiger partial charge in [0.1, 0.15) is 5.75 Å². The van der Waals surface area contributed by atoms with Crippen LogP contribution >= 0.6 is 0 Å². The third-order valence-electron chi connectivity index (χ3n) is 2.53. The van der Waals surface area contributed by atoms with Crippen LogP contribution in [0.2, 0.25) is 0 Å². The maximum absolute atomic E-state index is 11.7. The number of nitrogens with two attached hydrogens (primary N) is 2. The first-order valence-electron chi connectivity index (χ1n) is 5.73. The fourth-order valence-electron chi connectivity index (χ4n) is 1.38. The molecule has 7 nitrogen and oxygen atoms in total. The molecule has 0 radical (unpaired) electrons. The third kappa shape index (κ3) is 4.14. The highest BCUT2D eigenvalue weighted by atomic mass is 16.5. The van der Waals surface area contributed by atoms with E-state index in [1.807, 2.05) is 0 Å². The zero-order chi connectivity index (χ0) is 14.4. The number of carbonyl (C=O) groups is 2. The third-order valence-corrected chi connectivity index (χ3v) is 2.53. The summed E-state index contributed by atoms with van der Waals surface area (Å²) in [6, 6.07) is 4.13. The second-order valence-corrected chi connectivity index (χ2v) is 4.03. The Hall–Kier alpha value is -2.28. The van der Waals surface area contributed by atoms with Gasteiger partial charge in [-0.1, -0.05) is 6.92 Å². The van der Waals surface area contributed by atoms with Crippen molar-refractivity contribution in [1.82, 2.24) is 0 Å². The monoisotopic (exact) mass is 266 g/mol. The number of amides is 3. The Labute approximate surface area is 111 Å². The molecule has 0 bridgehead atoms. The molecule has 104 valence electrons. The molecule has 19 heavy (non-hydrogen) atoms. The van der Waals surface area contributed by atoms with Gasteiger partial charge in [0.05, 0.1) is 12.8 Å². The maximum Gasteiger partial charge on any atom is 0.316 e. The average Bonchev–Trinajstić information content (AvgIpc) is 2.38. The van der Waals surface area contributed by atoms with E-state index in [1.54, 1.807) is 25.1 Å². The van der Waals surface area contributed by atoms with E-state index in [4.69, 9.17) is 16.2 Å². The highest BCUT2D eigenvalue weighted by molar-refractivity contribution is 5.94. The molecule has 0 fully saturated rings. The summed E-state index contributed by atoms with van der Waals surface area (Å²) in [5, 5.41) is 5.12. The number of carbonyl (C=O) groups excluding carboxylic acids is 2. The lowest BCUT2D eigenvalue weighted by Crippen LogP contribution is -2.26. The van der Waals surface area contributed by atoms with Crippen LogP contribution in [0.3, 0.4) is 0 Å². The SMILES string of the molecule is COc1cc(NC(=O)C(C)CN)ccc1NC(N)=O. The number of urea groups is 1. The first-order chi connectivity index (χ1) is 8.97. The summed E-state index contributed by atoms with van der Waals surface area (Å²) in [5.41, 5.74) is 11.4. The minimum atomic E-state index is -0.688. The minimum absolute atomic E-state index is 0.180. The van der Waals surface area contributed by atoms with E-state index in [2.05, 4.69) is 10.6 Å². The quantitative estimate of drug-likeness (QED) is 0.627. The van der Waals surface area contributed by atoms with Gasteiger partial charge >= 0.3 is 6.03 Å². The number of ether oxygens (including phenoxy) is 1. The van der Waals surface area contributed by atoms with Crippen molar-refractivity contribution in [2.75, 3.05) is 24.3 Å². The van der Waals surface area contributed by atoms with E-state index in [0.29, 0.717) is 17.1 Å². The topological polar surface area (TPSA) is 119 Å². The lowest BCUT2D eigenvalue weighted by Gasteiger charge is -2.13. The lowest BCUT2D eigenvalue weighted by molar-refractivity contribution is -0.119. The van der Waals surface area contributed by atoms with Crippen molar-refractivity contribution < 1.29 is 14.3 Å². The van der Waals surface area contributed by atoms with Gasteiger partial charge in [0.25, 0.3) is 0 Å². The normalized spacial score (nSPS) is 11.5. The number of hydrogen-bond donors (Lipinski definition) is 4. The maximum atomic E-state index is 11.7. The minimum Gasteiger partial charge on any atom is -0.494 e. The van der Waals surface area contributed by atoms with Crippen molar-refractivity contribution in [3.05, 3.63) is 18.2 Å². The Kier molecular flexibility index (Phi) is 5.13. The molecule has 6 N–H and O–H groups in total. The molecule has 0 saturated heterocycles. The standard InChI is InChI=1S/C12H18N4O3/c1-7(6-13)11(17)15-8-3-4-9(16-12(14)18)10(5-8)19-2/h3-5,7H,6,13H2,1-2H3,(H,15,17)(H3,14,16,18). The molecule has 3 amide bonds. The first-order valence-corrected chi connectivity index (χ1v) is 5.73. The number of benzene rings is 1. The predicted octanol–water partition coefficient (Wildman–Crippen LogP) is 0.719. The summed E-state index contributed by atoms with van der Waals surface area (Å²) in [6.07, 6.45) is 0. The van der Waals surface area contributed by atoms with Crippen LogP contribution in [0.5, 0.6) is 5.75 Å². The van der Waals surface area contributed by atoms with Gasteiger partial charge in [0, 0.05) is 24.2 Å². The van der Waals surface area contributed by atoms with Crippen molar-refractivity contribution in [1.29, 1.82) is 0 Å². The van der Waals surface area contributed by atoms with E-state index in [1.165, 1.54) is 7.11 Å². The van der Waals surface area contributed by atoms with Gasteiger partial charge in [-0.25, -0.2) is 4.79 Å². The molecular weight excluding hydrogens is 248 g/mol. The molecule has 0 aromatic heterocycles. The molecule has 7 heteroatoms. The van der Waals surface area contributed by atoms with Crippen LogP contribution in [0.1, 0.15) is 6.92 Å². The van der Waals surface area contributed by atoms with E-state index in [-0.39, 0.29) is 18.4 Å². The molecule has 0 spiro atoms. The zero-order valence-corrected chi connectivity index (χ0v) is 10.9. The van der Waals surface area contributed by atoms with Crippen molar-refractivity contribution in [2.24, 2.45) is 17.4 Å². The second-order valence-electron chi connectivity index (χ2n) is 4.03. The van der Waals surface area contributed by atoms with Crippen molar-refractivity contribution in [3.63, 3.8) is 0 Å². The Morgan fingerprint density at radius 2 is 2.05 bits per heavy atom. The molecule has 0 aliphatic rings. The molecule has 1 unspecified atom stereocenters. The smallest absolute Gasteiger partial charge is 0.316 e. The second kappa shape index (κ2) is 6.60. The fourth-order valence-corrected chi connectivity index (χ4v) is 1.38. The molecule has 0 aliphatic heterocycles. The average molecular weight is 266 g/mol. The van der Waals surface area contributed by atoms with Crippen LogP contribution in [0.4, 0.5) is 16.2 Å². The summed E-state index contributed by atoms with van der Waals surface area (Å²) in [4.78, 5) is 22.5. The Balaban J connectivity index is 2.87. The highest BCUT2D eigenvalue weighted by Crippen LogP contribution is 2.27. The van der Waals surface area contributed by atoms with Gasteiger partial charge in [-0.15, -0.1) is 0 Å². The van der Waals surface area contributed by atoms with Gasteiger partial charge in [-0.3, -0.25) is 4.79 Å². The Bertz CT molecular complexity index is 476. The summed E-state index contributed by atoms with van der Waals surface area (Å²) < 4.78 is 5.11. The summed E-state index contributed by atoms with van der Waals surface area (Å²) in [7, 11) is 1.45. The van der Waals surface area contributed by atoms with Crippen LogP contribution in [-0.2, 0) is 4.79 Å². The number of anilines is 2. The van der Waals surface area contributed by atoms with Gasteiger partial charge in [0.2, 0.25) is 5.91 Å². The van der Waals surface area contributed by atoms with Gasteiger partial charge in [-0.05, 0) is 12.1 Å². The molecule has 1 aromatic carbocycles. The van der Waals surface area contributed by atoms with E-state index in [0.717, 1.165) is 0 Å². The van der Waals surface area contributed by atoms with Crippen LogP contribution in [0.15, 0.2) is 18.2 Å². The predicted molar refractivity (Wildman–Crippen MR) is 73.0 cm³/mol. The number of rotatable bonds is 5. The Morgan fingerprint density at radius 3 is 2.58 bits per heavy atom. The zero-order valence-electron chi connectivity index (χ0n) is 10.9. The number of hydrogen-bond acceptors (Lipinski definition) is 4. The molecule has 1 atom stereocenters. The van der Waals surface area contributed by atoms with Crippen molar-refractivity contribution in [3.8, 4) is 5.75 Å². The number of primary amides is 1. The van der Waals surface area contributed by atoms with E-state index >= 15 is 0 Å². The molecule has 0 aliphatic carbocycles. The fraction of sp³-hybridized carbons (Fsp3) is 0.333. The lowest BCUT2D eigenvalue weighted by atomic mass is 10.1. The summed E-state index contributed by atoms with van der Waals surface area (Å²) in [6.45, 7) is 2.00. The van der Waals surface area contributed by atoms with Gasteiger partial charge in [0.15, 0.2) is 0 Å². The molecule has 0 saturated carbocycles. The van der Waals surface area contributed by atoms with Gasteiger partial charge < -0.3 is 26.8 Å². The number of methoxy groups -OCH3 is 1. The van der Waals surface area contributed by atoms with E-state index < -0.39 is 6.03 Å². The molecule has 1 rings (SSSR count). The Morgan fingerprint density at radius 1 is 1.37 bits per heavy atom.